The van der Waals surface area contributed by atoms with E-state index in [9.17, 15) is 9.59 Å². The summed E-state index contributed by atoms with van der Waals surface area (Å²) in [6.45, 7) is 4.89. The summed E-state index contributed by atoms with van der Waals surface area (Å²) in [4.78, 5) is 24.6. The summed E-state index contributed by atoms with van der Waals surface area (Å²) in [5.41, 5.74) is 7.62. The molecule has 170 valence electrons. The van der Waals surface area contributed by atoms with Crippen molar-refractivity contribution in [3.05, 3.63) is 88.5 Å². The van der Waals surface area contributed by atoms with E-state index in [0.717, 1.165) is 59.4 Å². The second-order valence-electron chi connectivity index (χ2n) is 9.36. The van der Waals surface area contributed by atoms with Crippen LogP contribution in [0.5, 0.6) is 5.75 Å². The molecule has 0 atom stereocenters. The molecule has 3 aromatic carbocycles. The minimum absolute atomic E-state index is 0. The van der Waals surface area contributed by atoms with Gasteiger partial charge in [0.1, 0.15) is 11.5 Å². The van der Waals surface area contributed by atoms with Gasteiger partial charge in [0.05, 0.1) is 12.0 Å². The van der Waals surface area contributed by atoms with Crippen molar-refractivity contribution in [3.63, 3.8) is 0 Å². The molecule has 5 rings (SSSR count). The highest BCUT2D eigenvalue weighted by Crippen LogP contribution is 2.50. The quantitative estimate of drug-likeness (QED) is 0.540. The molecule has 33 heavy (non-hydrogen) atoms. The molecule has 0 bridgehead atoms. The lowest BCUT2D eigenvalue weighted by Gasteiger charge is -2.17. The number of nitrogens with one attached hydrogen (secondary N) is 1. The Balaban J connectivity index is 0.00000274. The zero-order chi connectivity index (χ0) is 23.0. The van der Waals surface area contributed by atoms with E-state index in [1.54, 1.807) is 0 Å². The molecule has 1 heterocycles. The molecule has 0 spiro atoms. The number of hydrogen-bond donors (Lipinski definition) is 1. The van der Waals surface area contributed by atoms with Gasteiger partial charge in [0.15, 0.2) is 0 Å². The Bertz CT molecular complexity index is 1230. The minimum Gasteiger partial charge on any atom is -0.493 e. The van der Waals surface area contributed by atoms with Crippen LogP contribution >= 0.6 is 0 Å². The molecule has 1 aliphatic heterocycles. The Kier molecular flexibility index (Phi) is 5.53. The topological polar surface area (TPSA) is 55.4 Å². The molecule has 1 fully saturated rings. The third-order valence-corrected chi connectivity index (χ3v) is 7.00. The normalized spacial score (nSPS) is 15.5. The van der Waals surface area contributed by atoms with Gasteiger partial charge in [-0.05, 0) is 64.8 Å². The predicted molar refractivity (Wildman–Crippen MR) is 132 cm³/mol. The lowest BCUT2D eigenvalue weighted by molar-refractivity contribution is -0.121. The molecule has 3 aromatic rings. The lowest BCUT2D eigenvalue weighted by Crippen LogP contribution is -2.22. The second-order valence-corrected chi connectivity index (χ2v) is 9.36. The molecule has 2 aliphatic rings. The second kappa shape index (κ2) is 8.51. The average Bonchev–Trinajstić information content (AvgIpc) is 3.50. The Hall–Kier alpha value is -3.40. The minimum atomic E-state index is -0.325. The number of Topliss-reactive ketones (excluding diaryl/α,β-unsaturated/α-hetero) is 1. The van der Waals surface area contributed by atoms with E-state index in [-0.39, 0.29) is 12.7 Å². The molecule has 1 aliphatic carbocycles. The maximum atomic E-state index is 13.4. The first-order valence-corrected chi connectivity index (χ1v) is 11.7. The molecule has 4 heteroatoms. The van der Waals surface area contributed by atoms with Crippen LogP contribution in [0.3, 0.4) is 0 Å². The van der Waals surface area contributed by atoms with Crippen molar-refractivity contribution >= 4 is 11.7 Å². The van der Waals surface area contributed by atoms with E-state index in [4.69, 9.17) is 4.74 Å². The molecular formula is C29H31NO3. The summed E-state index contributed by atoms with van der Waals surface area (Å²) in [5, 5.41) is 2.83. The van der Waals surface area contributed by atoms with Crippen LogP contribution in [0.1, 0.15) is 49.0 Å². The van der Waals surface area contributed by atoms with Gasteiger partial charge in [-0.2, -0.15) is 0 Å². The summed E-state index contributed by atoms with van der Waals surface area (Å²) in [5.74, 6) is 1.24. The van der Waals surface area contributed by atoms with Gasteiger partial charge < -0.3 is 10.1 Å². The van der Waals surface area contributed by atoms with Gasteiger partial charge in [0, 0.05) is 27.7 Å². The van der Waals surface area contributed by atoms with E-state index in [1.807, 2.05) is 18.2 Å². The van der Waals surface area contributed by atoms with Crippen LogP contribution in [0.2, 0.25) is 0 Å². The Morgan fingerprint density at radius 2 is 1.76 bits per heavy atom. The van der Waals surface area contributed by atoms with Crippen LogP contribution < -0.4 is 10.1 Å². The zero-order valence-corrected chi connectivity index (χ0v) is 19.2. The third kappa shape index (κ3) is 4.30. The number of carbonyl (C=O) groups is 2. The van der Waals surface area contributed by atoms with Gasteiger partial charge in [-0.15, -0.1) is 0 Å². The summed E-state index contributed by atoms with van der Waals surface area (Å²) in [6.07, 6.45) is 3.24. The highest BCUT2D eigenvalue weighted by molar-refractivity contribution is 5.95. The highest BCUT2D eigenvalue weighted by Gasteiger charge is 2.50. The van der Waals surface area contributed by atoms with Crippen LogP contribution in [-0.2, 0) is 34.4 Å². The molecule has 0 saturated heterocycles. The maximum absolute atomic E-state index is 13.4. The summed E-state index contributed by atoms with van der Waals surface area (Å²) >= 11 is 0. The van der Waals surface area contributed by atoms with Crippen LogP contribution in [0.25, 0.3) is 11.1 Å². The van der Waals surface area contributed by atoms with Crippen LogP contribution in [0, 0.1) is 6.92 Å². The van der Waals surface area contributed by atoms with Crippen LogP contribution in [0.4, 0.5) is 0 Å². The molecule has 0 aromatic heterocycles. The molecule has 1 saturated carbocycles. The fraction of sp³-hybridized carbons (Fsp3) is 0.310. The van der Waals surface area contributed by atoms with Crippen molar-refractivity contribution in [1.82, 2.24) is 5.32 Å². The zero-order valence-electron chi connectivity index (χ0n) is 19.2. The summed E-state index contributed by atoms with van der Waals surface area (Å²) in [7, 11) is 0. The van der Waals surface area contributed by atoms with Crippen molar-refractivity contribution in [3.8, 4) is 16.9 Å². The van der Waals surface area contributed by atoms with Gasteiger partial charge in [-0.1, -0.05) is 54.6 Å². The lowest BCUT2D eigenvalue weighted by atomic mass is 9.86. The first kappa shape index (κ1) is 21.4. The van der Waals surface area contributed by atoms with Gasteiger partial charge in [0.25, 0.3) is 0 Å². The standard InChI is InChI=1S/C29H29NO3.H2/c1-19-3-4-22(15-26(19)23-7-5-21(6-8-23)18-30-20(2)31)16-28(32)29(12-13-29)25-9-10-27-24(17-25)11-14-33-27;/h3-10,15,17H,11-14,16,18H2,1-2H3,(H,30,31);1H. The van der Waals surface area contributed by atoms with E-state index in [0.29, 0.717) is 18.7 Å². The number of fused-ring (bicyclic) bond motifs is 1. The number of amides is 1. The molecular weight excluding hydrogens is 410 g/mol. The molecule has 1 amide bonds. The molecule has 0 unspecified atom stereocenters. The van der Waals surface area contributed by atoms with Gasteiger partial charge in [-0.25, -0.2) is 0 Å². The molecule has 0 radical (unpaired) electrons. The first-order chi connectivity index (χ1) is 15.9. The Morgan fingerprint density at radius 1 is 1.00 bits per heavy atom. The van der Waals surface area contributed by atoms with E-state index < -0.39 is 0 Å². The molecule has 4 nitrogen and oxygen atoms in total. The first-order valence-electron chi connectivity index (χ1n) is 11.7. The fourth-order valence-electron chi connectivity index (χ4n) is 4.81. The Morgan fingerprint density at radius 3 is 2.48 bits per heavy atom. The Labute approximate surface area is 196 Å². The van der Waals surface area contributed by atoms with Gasteiger partial charge in [0.2, 0.25) is 5.91 Å². The third-order valence-electron chi connectivity index (χ3n) is 7.00. The van der Waals surface area contributed by atoms with E-state index in [2.05, 4.69) is 54.7 Å². The number of ether oxygens (including phenoxy) is 1. The number of ketones is 1. The van der Waals surface area contributed by atoms with Crippen molar-refractivity contribution in [1.29, 1.82) is 0 Å². The monoisotopic (exact) mass is 441 g/mol. The number of aryl methyl sites for hydroxylation is 1. The smallest absolute Gasteiger partial charge is 0.217 e. The fourth-order valence-corrected chi connectivity index (χ4v) is 4.81. The predicted octanol–water partition coefficient (Wildman–Crippen LogP) is 5.32. The van der Waals surface area contributed by atoms with Crippen molar-refractivity contribution in [2.75, 3.05) is 6.61 Å². The number of hydrogen-bond acceptors (Lipinski definition) is 3. The van der Waals surface area contributed by atoms with Crippen molar-refractivity contribution in [2.24, 2.45) is 0 Å². The average molecular weight is 442 g/mol. The number of carbonyl (C=O) groups excluding carboxylic acids is 2. The van der Waals surface area contributed by atoms with E-state index >= 15 is 0 Å². The van der Waals surface area contributed by atoms with Gasteiger partial charge in [-0.3, -0.25) is 9.59 Å². The summed E-state index contributed by atoms with van der Waals surface area (Å²) < 4.78 is 5.64. The largest absolute Gasteiger partial charge is 0.493 e. The van der Waals surface area contributed by atoms with Gasteiger partial charge >= 0.3 is 0 Å². The summed E-state index contributed by atoms with van der Waals surface area (Å²) in [6, 6.07) is 20.9. The number of benzene rings is 3. The van der Waals surface area contributed by atoms with E-state index in [1.165, 1.54) is 18.1 Å². The number of rotatable bonds is 7. The maximum Gasteiger partial charge on any atom is 0.217 e. The van der Waals surface area contributed by atoms with Crippen molar-refractivity contribution in [2.45, 2.75) is 51.5 Å². The van der Waals surface area contributed by atoms with Crippen LogP contribution in [0.15, 0.2) is 60.7 Å². The highest BCUT2D eigenvalue weighted by atomic mass is 16.5. The molecule has 1 N–H and O–H groups in total. The van der Waals surface area contributed by atoms with Crippen molar-refractivity contribution < 1.29 is 15.8 Å². The SMILES string of the molecule is CC(=O)NCc1ccc(-c2cc(CC(=O)C3(c4ccc5c(c4)CCO5)CC3)ccc2C)cc1.[HH]. The van der Waals surface area contributed by atoms with Crippen LogP contribution in [-0.4, -0.2) is 18.3 Å².